The number of anilines is 3. The highest BCUT2D eigenvalue weighted by atomic mass is 16.6. The molecular formula is C10H17N3O. The smallest absolute Gasteiger partial charge is 0.0636 e. The van der Waals surface area contributed by atoms with Crippen molar-refractivity contribution in [2.45, 2.75) is 19.9 Å². The Labute approximate surface area is 84.4 Å². The summed E-state index contributed by atoms with van der Waals surface area (Å²) in [6.07, 6.45) is 0. The van der Waals surface area contributed by atoms with Crippen LogP contribution in [0.1, 0.15) is 13.8 Å². The average Bonchev–Trinajstić information content (AvgIpc) is 2.10. The van der Waals surface area contributed by atoms with Crippen molar-refractivity contribution in [1.29, 1.82) is 0 Å². The van der Waals surface area contributed by atoms with Gasteiger partial charge in [0.1, 0.15) is 0 Å². The van der Waals surface area contributed by atoms with Crippen LogP contribution in [0.3, 0.4) is 0 Å². The second kappa shape index (κ2) is 4.72. The minimum absolute atomic E-state index is 0.374. The van der Waals surface area contributed by atoms with E-state index in [1.165, 1.54) is 0 Å². The van der Waals surface area contributed by atoms with Crippen molar-refractivity contribution in [3.05, 3.63) is 18.2 Å². The maximum absolute atomic E-state index is 5.84. The van der Waals surface area contributed by atoms with Gasteiger partial charge in [-0.15, -0.1) is 0 Å². The first kappa shape index (κ1) is 10.7. The quantitative estimate of drug-likeness (QED) is 0.508. The van der Waals surface area contributed by atoms with Crippen LogP contribution in [0.4, 0.5) is 17.1 Å². The fraction of sp³-hybridized carbons (Fsp3) is 0.400. The highest BCUT2D eigenvalue weighted by Gasteiger charge is 2.01. The van der Waals surface area contributed by atoms with Gasteiger partial charge in [-0.05, 0) is 32.0 Å². The summed E-state index contributed by atoms with van der Waals surface area (Å²) < 4.78 is 0. The molecule has 0 unspecified atom stereocenters. The van der Waals surface area contributed by atoms with Crippen LogP contribution in [0.5, 0.6) is 0 Å². The molecule has 0 fully saturated rings. The maximum atomic E-state index is 5.84. The molecular weight excluding hydrogens is 178 g/mol. The summed E-state index contributed by atoms with van der Waals surface area (Å²) in [7, 11) is 1.57. The van der Waals surface area contributed by atoms with Gasteiger partial charge in [0.15, 0.2) is 0 Å². The molecule has 0 radical (unpaired) electrons. The molecule has 0 bridgehead atoms. The van der Waals surface area contributed by atoms with Gasteiger partial charge in [-0.2, -0.15) is 0 Å². The molecule has 4 nitrogen and oxygen atoms in total. The molecule has 1 rings (SSSR count). The summed E-state index contributed by atoms with van der Waals surface area (Å²) in [5, 5.41) is 3.25. The van der Waals surface area contributed by atoms with E-state index in [-0.39, 0.29) is 0 Å². The lowest BCUT2D eigenvalue weighted by Gasteiger charge is -2.13. The third-order valence-corrected chi connectivity index (χ3v) is 1.72. The van der Waals surface area contributed by atoms with E-state index in [9.17, 15) is 0 Å². The number of rotatable bonds is 4. The molecule has 4 N–H and O–H groups in total. The number of nitrogen functional groups attached to an aromatic ring is 1. The summed E-state index contributed by atoms with van der Waals surface area (Å²) in [6, 6.07) is 6.04. The third-order valence-electron chi connectivity index (χ3n) is 1.72. The zero-order valence-electron chi connectivity index (χ0n) is 8.79. The van der Waals surface area contributed by atoms with Gasteiger partial charge in [0.05, 0.1) is 24.2 Å². The topological polar surface area (TPSA) is 59.3 Å². The Hall–Kier alpha value is -1.42. The normalized spacial score (nSPS) is 10.3. The first-order valence-corrected chi connectivity index (χ1v) is 4.58. The minimum Gasteiger partial charge on any atom is -0.397 e. The van der Waals surface area contributed by atoms with Gasteiger partial charge in [0, 0.05) is 6.04 Å². The van der Waals surface area contributed by atoms with Crippen LogP contribution in [0, 0.1) is 0 Å². The molecule has 0 aromatic heterocycles. The van der Waals surface area contributed by atoms with E-state index >= 15 is 0 Å². The lowest BCUT2D eigenvalue weighted by atomic mass is 10.2. The second-order valence-electron chi connectivity index (χ2n) is 3.41. The van der Waals surface area contributed by atoms with E-state index in [0.717, 1.165) is 11.4 Å². The Morgan fingerprint density at radius 3 is 2.57 bits per heavy atom. The van der Waals surface area contributed by atoms with Crippen molar-refractivity contribution in [1.82, 2.24) is 0 Å². The van der Waals surface area contributed by atoms with Gasteiger partial charge in [-0.1, -0.05) is 0 Å². The predicted octanol–water partition coefficient (Wildman–Crippen LogP) is 2.06. The molecule has 1 aromatic rings. The average molecular weight is 195 g/mol. The summed E-state index contributed by atoms with van der Waals surface area (Å²) >= 11 is 0. The van der Waals surface area contributed by atoms with Crippen molar-refractivity contribution >= 4 is 17.1 Å². The van der Waals surface area contributed by atoms with Crippen LogP contribution < -0.4 is 16.5 Å². The van der Waals surface area contributed by atoms with Crippen LogP contribution in [-0.4, -0.2) is 13.2 Å². The molecule has 0 spiro atoms. The fourth-order valence-electron chi connectivity index (χ4n) is 1.19. The number of nitrogens with one attached hydrogen (secondary N) is 2. The van der Waals surface area contributed by atoms with Crippen molar-refractivity contribution in [3.63, 3.8) is 0 Å². The van der Waals surface area contributed by atoms with Crippen molar-refractivity contribution < 1.29 is 4.84 Å². The third kappa shape index (κ3) is 2.81. The summed E-state index contributed by atoms with van der Waals surface area (Å²) in [5.41, 5.74) is 11.1. The Kier molecular flexibility index (Phi) is 3.59. The zero-order valence-corrected chi connectivity index (χ0v) is 8.79. The van der Waals surface area contributed by atoms with Crippen LogP contribution in [0.25, 0.3) is 0 Å². The molecule has 14 heavy (non-hydrogen) atoms. The molecule has 78 valence electrons. The second-order valence-corrected chi connectivity index (χ2v) is 3.41. The van der Waals surface area contributed by atoms with E-state index in [4.69, 9.17) is 10.6 Å². The van der Waals surface area contributed by atoms with E-state index in [2.05, 4.69) is 24.6 Å². The minimum atomic E-state index is 0.374. The Balaban J connectivity index is 2.79. The van der Waals surface area contributed by atoms with Gasteiger partial charge in [-0.3, -0.25) is 10.3 Å². The first-order valence-electron chi connectivity index (χ1n) is 4.58. The summed E-state index contributed by atoms with van der Waals surface area (Å²) in [5.74, 6) is 0. The summed E-state index contributed by atoms with van der Waals surface area (Å²) in [4.78, 5) is 4.78. The molecule has 0 aliphatic rings. The van der Waals surface area contributed by atoms with Gasteiger partial charge >= 0.3 is 0 Å². The first-order chi connectivity index (χ1) is 6.63. The van der Waals surface area contributed by atoms with Crippen LogP contribution in [0.2, 0.25) is 0 Å². The van der Waals surface area contributed by atoms with E-state index < -0.39 is 0 Å². The Morgan fingerprint density at radius 2 is 2.07 bits per heavy atom. The van der Waals surface area contributed by atoms with Crippen molar-refractivity contribution in [3.8, 4) is 0 Å². The van der Waals surface area contributed by atoms with Gasteiger partial charge in [0.25, 0.3) is 0 Å². The van der Waals surface area contributed by atoms with Crippen molar-refractivity contribution in [2.24, 2.45) is 0 Å². The highest BCUT2D eigenvalue weighted by molar-refractivity contribution is 5.71. The van der Waals surface area contributed by atoms with E-state index in [1.54, 1.807) is 7.11 Å². The molecule has 0 aliphatic carbocycles. The lowest BCUT2D eigenvalue weighted by Crippen LogP contribution is -2.11. The van der Waals surface area contributed by atoms with Gasteiger partial charge < -0.3 is 11.1 Å². The standard InChI is InChI=1S/C10H17N3O/c1-7(2)12-10-5-4-8(13-14-3)6-9(10)11/h4-7,12-13H,11H2,1-3H3. The van der Waals surface area contributed by atoms with Crippen LogP contribution >= 0.6 is 0 Å². The van der Waals surface area contributed by atoms with E-state index in [0.29, 0.717) is 11.7 Å². The largest absolute Gasteiger partial charge is 0.397 e. The molecule has 1 aromatic carbocycles. The molecule has 4 heteroatoms. The molecule has 0 atom stereocenters. The molecule has 0 saturated heterocycles. The number of benzene rings is 1. The predicted molar refractivity (Wildman–Crippen MR) is 60.2 cm³/mol. The fourth-order valence-corrected chi connectivity index (χ4v) is 1.19. The van der Waals surface area contributed by atoms with Crippen LogP contribution in [0.15, 0.2) is 18.2 Å². The summed E-state index contributed by atoms with van der Waals surface area (Å²) in [6.45, 7) is 4.14. The molecule has 0 amide bonds. The highest BCUT2D eigenvalue weighted by Crippen LogP contribution is 2.23. The SMILES string of the molecule is CONc1ccc(NC(C)C)c(N)c1. The molecule has 0 aliphatic heterocycles. The number of nitrogens with two attached hydrogens (primary N) is 1. The number of hydrogen-bond donors (Lipinski definition) is 3. The molecule has 0 heterocycles. The van der Waals surface area contributed by atoms with E-state index in [1.807, 2.05) is 18.2 Å². The van der Waals surface area contributed by atoms with Gasteiger partial charge in [-0.25, -0.2) is 0 Å². The maximum Gasteiger partial charge on any atom is 0.0636 e. The Morgan fingerprint density at radius 1 is 1.36 bits per heavy atom. The lowest BCUT2D eigenvalue weighted by molar-refractivity contribution is 0.271. The van der Waals surface area contributed by atoms with Gasteiger partial charge in [0.2, 0.25) is 0 Å². The van der Waals surface area contributed by atoms with Crippen molar-refractivity contribution in [2.75, 3.05) is 23.6 Å². The monoisotopic (exact) mass is 195 g/mol. The molecule has 0 saturated carbocycles. The Bertz CT molecular complexity index is 299. The zero-order chi connectivity index (χ0) is 10.6. The number of hydrogen-bond acceptors (Lipinski definition) is 4. The van der Waals surface area contributed by atoms with Crippen LogP contribution in [-0.2, 0) is 4.84 Å².